The topological polar surface area (TPSA) is 50.9 Å². The molecular weight excluding hydrogens is 301 g/mol. The molecule has 0 aliphatic rings. The first-order valence-electron chi connectivity index (χ1n) is 7.99. The van der Waals surface area contributed by atoms with Gasteiger partial charge in [-0.15, -0.1) is 0 Å². The van der Waals surface area contributed by atoms with Crippen molar-refractivity contribution in [3.63, 3.8) is 0 Å². The Balaban J connectivity index is 1.67. The molecule has 2 aromatic carbocycles. The number of nitrogens with two attached hydrogens (primary N) is 1. The Morgan fingerprint density at radius 3 is 2.54 bits per heavy atom. The van der Waals surface area contributed by atoms with Gasteiger partial charge in [-0.1, -0.05) is 36.4 Å². The summed E-state index contributed by atoms with van der Waals surface area (Å²) in [4.78, 5) is 4.64. The summed E-state index contributed by atoms with van der Waals surface area (Å²) in [6.45, 7) is 1.21. The molecule has 0 spiro atoms. The molecule has 0 saturated carbocycles. The molecule has 3 aromatic rings. The fraction of sp³-hybridized carbons (Fsp3) is 0.150. The summed E-state index contributed by atoms with van der Waals surface area (Å²) in [5.41, 5.74) is 9.70. The van der Waals surface area contributed by atoms with Gasteiger partial charge in [-0.3, -0.25) is 0 Å². The Labute approximate surface area is 141 Å². The largest absolute Gasteiger partial charge is 0.370 e. The summed E-state index contributed by atoms with van der Waals surface area (Å²) < 4.78 is 13.2. The molecule has 24 heavy (non-hydrogen) atoms. The van der Waals surface area contributed by atoms with Crippen LogP contribution in [0.25, 0.3) is 11.3 Å². The maximum absolute atomic E-state index is 13.2. The van der Waals surface area contributed by atoms with Gasteiger partial charge in [0.05, 0.1) is 5.69 Å². The van der Waals surface area contributed by atoms with E-state index in [9.17, 15) is 4.39 Å². The van der Waals surface area contributed by atoms with E-state index >= 15 is 0 Å². The lowest BCUT2D eigenvalue weighted by molar-refractivity contribution is 0.625. The molecule has 1 aromatic heterocycles. The number of aromatic nitrogens is 1. The van der Waals surface area contributed by atoms with Gasteiger partial charge in [0.15, 0.2) is 0 Å². The molecular formula is C20H20FN3. The van der Waals surface area contributed by atoms with Crippen LogP contribution in [0.3, 0.4) is 0 Å². The molecule has 3 rings (SSSR count). The molecule has 0 fully saturated rings. The van der Waals surface area contributed by atoms with Crippen LogP contribution in [0.5, 0.6) is 0 Å². The van der Waals surface area contributed by atoms with Crippen LogP contribution in [-0.4, -0.2) is 11.5 Å². The zero-order valence-electron chi connectivity index (χ0n) is 13.4. The molecule has 1 heterocycles. The van der Waals surface area contributed by atoms with Gasteiger partial charge in [-0.05, 0) is 47.9 Å². The van der Waals surface area contributed by atoms with Crippen molar-refractivity contribution in [2.75, 3.05) is 11.9 Å². The normalized spacial score (nSPS) is 10.6. The molecule has 0 radical (unpaired) electrons. The second kappa shape index (κ2) is 7.70. The van der Waals surface area contributed by atoms with Gasteiger partial charge in [0.2, 0.25) is 0 Å². The van der Waals surface area contributed by atoms with Gasteiger partial charge in [0.1, 0.15) is 11.6 Å². The molecule has 0 unspecified atom stereocenters. The second-order valence-corrected chi connectivity index (χ2v) is 5.62. The molecule has 0 saturated heterocycles. The van der Waals surface area contributed by atoms with Gasteiger partial charge in [0.25, 0.3) is 0 Å². The first kappa shape index (κ1) is 16.1. The third kappa shape index (κ3) is 4.18. The molecule has 122 valence electrons. The van der Waals surface area contributed by atoms with Crippen LogP contribution in [0.1, 0.15) is 11.1 Å². The molecule has 0 atom stereocenters. The summed E-state index contributed by atoms with van der Waals surface area (Å²) in [5, 5.41) is 3.29. The highest BCUT2D eigenvalue weighted by atomic mass is 19.1. The predicted octanol–water partition coefficient (Wildman–Crippen LogP) is 4.00. The van der Waals surface area contributed by atoms with Gasteiger partial charge < -0.3 is 11.1 Å². The third-order valence-electron chi connectivity index (χ3n) is 3.82. The van der Waals surface area contributed by atoms with Crippen molar-refractivity contribution in [1.29, 1.82) is 0 Å². The number of nitrogens with zero attached hydrogens (tertiary/aromatic N) is 1. The zero-order chi connectivity index (χ0) is 16.8. The molecule has 0 aliphatic heterocycles. The van der Waals surface area contributed by atoms with Crippen molar-refractivity contribution in [2.45, 2.75) is 13.0 Å². The summed E-state index contributed by atoms with van der Waals surface area (Å²) in [7, 11) is 0. The first-order chi connectivity index (χ1) is 11.7. The number of pyridine rings is 1. The van der Waals surface area contributed by atoms with E-state index in [1.54, 1.807) is 12.1 Å². The van der Waals surface area contributed by atoms with E-state index in [1.165, 1.54) is 6.07 Å². The fourth-order valence-electron chi connectivity index (χ4n) is 2.58. The minimum Gasteiger partial charge on any atom is -0.370 e. The first-order valence-corrected chi connectivity index (χ1v) is 7.99. The second-order valence-electron chi connectivity index (χ2n) is 5.62. The summed E-state index contributed by atoms with van der Waals surface area (Å²) >= 11 is 0. The number of benzene rings is 2. The Morgan fingerprint density at radius 1 is 0.917 bits per heavy atom. The molecule has 0 amide bonds. The number of hydrogen-bond donors (Lipinski definition) is 2. The Bertz CT molecular complexity index is 817. The minimum atomic E-state index is -0.201. The van der Waals surface area contributed by atoms with Crippen LogP contribution in [0.4, 0.5) is 10.2 Å². The van der Waals surface area contributed by atoms with E-state index in [1.807, 2.05) is 42.5 Å². The lowest BCUT2D eigenvalue weighted by Gasteiger charge is -2.09. The number of nitrogens with one attached hydrogen (secondary N) is 1. The summed E-state index contributed by atoms with van der Waals surface area (Å²) in [6, 6.07) is 20.6. The molecule has 4 heteroatoms. The van der Waals surface area contributed by atoms with Gasteiger partial charge in [-0.2, -0.15) is 0 Å². The zero-order valence-corrected chi connectivity index (χ0v) is 13.4. The van der Waals surface area contributed by atoms with Crippen molar-refractivity contribution >= 4 is 5.82 Å². The van der Waals surface area contributed by atoms with Crippen LogP contribution in [0, 0.1) is 5.82 Å². The number of halogens is 1. The van der Waals surface area contributed by atoms with E-state index in [-0.39, 0.29) is 5.82 Å². The number of anilines is 1. The third-order valence-corrected chi connectivity index (χ3v) is 3.82. The van der Waals surface area contributed by atoms with Crippen LogP contribution in [-0.2, 0) is 13.0 Å². The fourth-order valence-corrected chi connectivity index (χ4v) is 2.58. The van der Waals surface area contributed by atoms with Crippen molar-refractivity contribution < 1.29 is 4.39 Å². The highest BCUT2D eigenvalue weighted by molar-refractivity contribution is 5.62. The number of hydrogen-bond acceptors (Lipinski definition) is 3. The van der Waals surface area contributed by atoms with Gasteiger partial charge in [0, 0.05) is 18.7 Å². The Morgan fingerprint density at radius 2 is 1.71 bits per heavy atom. The SMILES string of the molecule is NCc1cccc(-c2cccc(NCCc3cccc(F)c3)n2)c1. The lowest BCUT2D eigenvalue weighted by atomic mass is 10.1. The molecule has 3 nitrogen and oxygen atoms in total. The number of rotatable bonds is 6. The molecule has 3 N–H and O–H groups in total. The monoisotopic (exact) mass is 321 g/mol. The highest BCUT2D eigenvalue weighted by Gasteiger charge is 2.02. The van der Waals surface area contributed by atoms with E-state index in [0.717, 1.165) is 34.6 Å². The van der Waals surface area contributed by atoms with E-state index in [2.05, 4.69) is 16.4 Å². The lowest BCUT2D eigenvalue weighted by Crippen LogP contribution is -2.06. The van der Waals surface area contributed by atoms with Crippen molar-refractivity contribution in [3.05, 3.63) is 83.7 Å². The Hall–Kier alpha value is -2.72. The van der Waals surface area contributed by atoms with Crippen LogP contribution < -0.4 is 11.1 Å². The van der Waals surface area contributed by atoms with Crippen molar-refractivity contribution in [2.24, 2.45) is 5.73 Å². The molecule has 0 bridgehead atoms. The maximum atomic E-state index is 13.2. The van der Waals surface area contributed by atoms with Crippen molar-refractivity contribution in [3.8, 4) is 11.3 Å². The molecule has 0 aliphatic carbocycles. The predicted molar refractivity (Wildman–Crippen MR) is 96.2 cm³/mol. The van der Waals surface area contributed by atoms with E-state index in [4.69, 9.17) is 5.73 Å². The van der Waals surface area contributed by atoms with E-state index < -0.39 is 0 Å². The average Bonchev–Trinajstić information content (AvgIpc) is 2.62. The van der Waals surface area contributed by atoms with Gasteiger partial charge in [-0.25, -0.2) is 9.37 Å². The van der Waals surface area contributed by atoms with E-state index in [0.29, 0.717) is 13.1 Å². The Kier molecular flexibility index (Phi) is 5.18. The highest BCUT2D eigenvalue weighted by Crippen LogP contribution is 2.20. The quantitative estimate of drug-likeness (QED) is 0.721. The smallest absolute Gasteiger partial charge is 0.126 e. The van der Waals surface area contributed by atoms with Gasteiger partial charge >= 0.3 is 0 Å². The standard InChI is InChI=1S/C20H20FN3/c21-18-7-2-4-15(13-18)10-11-23-20-9-3-8-19(24-20)17-6-1-5-16(12-17)14-22/h1-9,12-13H,10-11,14,22H2,(H,23,24). The average molecular weight is 321 g/mol. The van der Waals surface area contributed by atoms with Crippen LogP contribution in [0.2, 0.25) is 0 Å². The van der Waals surface area contributed by atoms with Crippen LogP contribution >= 0.6 is 0 Å². The van der Waals surface area contributed by atoms with Crippen molar-refractivity contribution in [1.82, 2.24) is 4.98 Å². The summed E-state index contributed by atoms with van der Waals surface area (Å²) in [5.74, 6) is 0.606. The van der Waals surface area contributed by atoms with Crippen LogP contribution in [0.15, 0.2) is 66.7 Å². The minimum absolute atomic E-state index is 0.201. The maximum Gasteiger partial charge on any atom is 0.126 e. The summed E-state index contributed by atoms with van der Waals surface area (Å²) in [6.07, 6.45) is 0.742.